The summed E-state index contributed by atoms with van der Waals surface area (Å²) in [6, 6.07) is 2.45. The average Bonchev–Trinajstić information content (AvgIpc) is 2.32. The van der Waals surface area contributed by atoms with Crippen LogP contribution in [0.15, 0.2) is 0 Å². The summed E-state index contributed by atoms with van der Waals surface area (Å²) in [5.74, 6) is 0. The molecule has 1 nitrogen and oxygen atoms in total. The third-order valence-corrected chi connectivity index (χ3v) is 3.63. The summed E-state index contributed by atoms with van der Waals surface area (Å²) in [5, 5.41) is 9.04. The van der Waals surface area contributed by atoms with Crippen LogP contribution in [-0.2, 0) is 0 Å². The van der Waals surface area contributed by atoms with Crippen molar-refractivity contribution in [2.45, 2.75) is 85.0 Å². The van der Waals surface area contributed by atoms with Crippen LogP contribution in [0.3, 0.4) is 0 Å². The molecule has 1 unspecified atom stereocenters. The van der Waals surface area contributed by atoms with E-state index < -0.39 is 0 Å². The molecule has 0 aliphatic rings. The quantitative estimate of drug-likeness (QED) is 0.451. The molecule has 16 heavy (non-hydrogen) atoms. The normalized spacial score (nSPS) is 14.4. The fourth-order valence-electron chi connectivity index (χ4n) is 1.96. The second-order valence-electron chi connectivity index (χ2n) is 5.25. The van der Waals surface area contributed by atoms with Gasteiger partial charge in [0.2, 0.25) is 0 Å². The minimum absolute atomic E-state index is 0.0673. The first-order valence-corrected chi connectivity index (χ1v) is 7.09. The number of rotatable bonds is 10. The lowest BCUT2D eigenvalue weighted by Gasteiger charge is -2.18. The van der Waals surface area contributed by atoms with Gasteiger partial charge in [-0.2, -0.15) is 5.26 Å². The zero-order valence-electron chi connectivity index (χ0n) is 11.5. The van der Waals surface area contributed by atoms with Gasteiger partial charge in [0.05, 0.1) is 11.5 Å². The molecule has 0 fully saturated rings. The summed E-state index contributed by atoms with van der Waals surface area (Å²) in [7, 11) is 0. The molecule has 0 aromatic carbocycles. The maximum atomic E-state index is 9.04. The van der Waals surface area contributed by atoms with Gasteiger partial charge >= 0.3 is 0 Å². The van der Waals surface area contributed by atoms with Gasteiger partial charge in [0.25, 0.3) is 0 Å². The Balaban J connectivity index is 3.30. The molecule has 0 radical (unpaired) electrons. The predicted octanol–water partition coefficient (Wildman–Crippen LogP) is 5.46. The highest BCUT2D eigenvalue weighted by Gasteiger charge is 2.19. The van der Waals surface area contributed by atoms with E-state index in [1.165, 1.54) is 51.4 Å². The molecule has 0 bridgehead atoms. The molecule has 1 atom stereocenters. The molecule has 0 amide bonds. The zero-order chi connectivity index (χ0) is 12.3. The molecule has 0 aliphatic heterocycles. The van der Waals surface area contributed by atoms with Crippen molar-refractivity contribution in [1.82, 2.24) is 0 Å². The minimum Gasteiger partial charge on any atom is -0.198 e. The van der Waals surface area contributed by atoms with E-state index in [4.69, 9.17) is 5.26 Å². The van der Waals surface area contributed by atoms with Gasteiger partial charge in [-0.3, -0.25) is 0 Å². The summed E-state index contributed by atoms with van der Waals surface area (Å²) in [5.41, 5.74) is -0.0673. The Labute approximate surface area is 102 Å². The van der Waals surface area contributed by atoms with E-state index in [0.717, 1.165) is 12.8 Å². The van der Waals surface area contributed by atoms with Crippen LogP contribution >= 0.6 is 0 Å². The van der Waals surface area contributed by atoms with E-state index in [2.05, 4.69) is 26.8 Å². The van der Waals surface area contributed by atoms with Gasteiger partial charge in [0.1, 0.15) is 0 Å². The van der Waals surface area contributed by atoms with E-state index >= 15 is 0 Å². The fraction of sp³-hybridized carbons (Fsp3) is 0.933. The van der Waals surface area contributed by atoms with Crippen molar-refractivity contribution in [2.75, 3.05) is 0 Å². The van der Waals surface area contributed by atoms with E-state index in [0.29, 0.717) is 0 Å². The topological polar surface area (TPSA) is 23.8 Å². The van der Waals surface area contributed by atoms with Crippen molar-refractivity contribution in [3.63, 3.8) is 0 Å². The molecule has 0 aromatic rings. The van der Waals surface area contributed by atoms with E-state index in [-0.39, 0.29) is 5.41 Å². The average molecular weight is 223 g/mol. The van der Waals surface area contributed by atoms with Crippen LogP contribution in [0, 0.1) is 16.7 Å². The molecule has 94 valence electrons. The first kappa shape index (κ1) is 15.5. The third-order valence-electron chi connectivity index (χ3n) is 3.63. The molecule has 0 aliphatic carbocycles. The molecule has 0 heterocycles. The van der Waals surface area contributed by atoms with Crippen LogP contribution in [0.25, 0.3) is 0 Å². The van der Waals surface area contributed by atoms with E-state index in [1.807, 2.05) is 0 Å². The number of nitrogens with zero attached hydrogens (tertiary/aromatic N) is 1. The largest absolute Gasteiger partial charge is 0.198 e. The van der Waals surface area contributed by atoms with Gasteiger partial charge < -0.3 is 0 Å². The first-order chi connectivity index (χ1) is 7.68. The summed E-state index contributed by atoms with van der Waals surface area (Å²) in [6.45, 7) is 6.47. The van der Waals surface area contributed by atoms with Crippen molar-refractivity contribution in [3.8, 4) is 6.07 Å². The molecule has 0 saturated carbocycles. The van der Waals surface area contributed by atoms with Crippen LogP contribution in [0.4, 0.5) is 0 Å². The molecule has 0 aromatic heterocycles. The van der Waals surface area contributed by atoms with Crippen molar-refractivity contribution >= 4 is 0 Å². The van der Waals surface area contributed by atoms with Gasteiger partial charge in [-0.1, -0.05) is 65.2 Å². The van der Waals surface area contributed by atoms with Crippen molar-refractivity contribution in [1.29, 1.82) is 5.26 Å². The fourth-order valence-corrected chi connectivity index (χ4v) is 1.96. The molecular weight excluding hydrogens is 194 g/mol. The Morgan fingerprint density at radius 2 is 1.38 bits per heavy atom. The SMILES string of the molecule is CCCCCCCCCCC(C)(C#N)CC. The smallest absolute Gasteiger partial charge is 0.0686 e. The van der Waals surface area contributed by atoms with Crippen LogP contribution in [-0.4, -0.2) is 0 Å². The predicted molar refractivity (Wildman–Crippen MR) is 71.2 cm³/mol. The molecule has 1 heteroatoms. The monoisotopic (exact) mass is 223 g/mol. The Morgan fingerprint density at radius 3 is 1.81 bits per heavy atom. The van der Waals surface area contributed by atoms with Gasteiger partial charge in [-0.25, -0.2) is 0 Å². The van der Waals surface area contributed by atoms with Crippen molar-refractivity contribution < 1.29 is 0 Å². The highest BCUT2D eigenvalue weighted by atomic mass is 14.3. The number of hydrogen-bond donors (Lipinski definition) is 0. The number of hydrogen-bond acceptors (Lipinski definition) is 1. The van der Waals surface area contributed by atoms with Gasteiger partial charge in [-0.05, 0) is 19.8 Å². The Morgan fingerprint density at radius 1 is 0.875 bits per heavy atom. The Hall–Kier alpha value is -0.510. The van der Waals surface area contributed by atoms with Gasteiger partial charge in [0, 0.05) is 0 Å². The summed E-state index contributed by atoms with van der Waals surface area (Å²) in [4.78, 5) is 0. The number of nitriles is 1. The summed E-state index contributed by atoms with van der Waals surface area (Å²) < 4.78 is 0. The minimum atomic E-state index is -0.0673. The maximum Gasteiger partial charge on any atom is 0.0686 e. The van der Waals surface area contributed by atoms with Gasteiger partial charge in [0.15, 0.2) is 0 Å². The second kappa shape index (κ2) is 9.70. The lowest BCUT2D eigenvalue weighted by Crippen LogP contribution is -2.11. The van der Waals surface area contributed by atoms with Crippen LogP contribution in [0.2, 0.25) is 0 Å². The van der Waals surface area contributed by atoms with E-state index in [9.17, 15) is 0 Å². The lowest BCUT2D eigenvalue weighted by atomic mass is 9.84. The van der Waals surface area contributed by atoms with Gasteiger partial charge in [-0.15, -0.1) is 0 Å². The maximum absolute atomic E-state index is 9.04. The van der Waals surface area contributed by atoms with Crippen LogP contribution < -0.4 is 0 Å². The van der Waals surface area contributed by atoms with Crippen molar-refractivity contribution in [2.24, 2.45) is 5.41 Å². The second-order valence-corrected chi connectivity index (χ2v) is 5.25. The molecular formula is C15H29N. The molecule has 0 saturated heterocycles. The Kier molecular flexibility index (Phi) is 9.39. The molecule has 0 rings (SSSR count). The number of unbranched alkanes of at least 4 members (excludes halogenated alkanes) is 7. The van der Waals surface area contributed by atoms with Crippen LogP contribution in [0.1, 0.15) is 85.0 Å². The lowest BCUT2D eigenvalue weighted by molar-refractivity contribution is 0.368. The van der Waals surface area contributed by atoms with E-state index in [1.54, 1.807) is 0 Å². The third kappa shape index (κ3) is 7.74. The summed E-state index contributed by atoms with van der Waals surface area (Å²) in [6.07, 6.45) is 12.9. The molecule has 0 N–H and O–H groups in total. The standard InChI is InChI=1S/C15H29N/c1-4-6-7-8-9-10-11-12-13-15(3,5-2)14-16/h4-13H2,1-3H3. The summed E-state index contributed by atoms with van der Waals surface area (Å²) >= 11 is 0. The molecule has 0 spiro atoms. The highest BCUT2D eigenvalue weighted by molar-refractivity contribution is 4.93. The highest BCUT2D eigenvalue weighted by Crippen LogP contribution is 2.27. The first-order valence-electron chi connectivity index (χ1n) is 7.09. The Bertz CT molecular complexity index is 192. The van der Waals surface area contributed by atoms with Crippen molar-refractivity contribution in [3.05, 3.63) is 0 Å². The van der Waals surface area contributed by atoms with Crippen LogP contribution in [0.5, 0.6) is 0 Å². The zero-order valence-corrected chi connectivity index (χ0v) is 11.5.